The molecular weight excluding hydrogens is 174 g/mol. The highest BCUT2D eigenvalue weighted by Crippen LogP contribution is 2.31. The molecule has 0 aromatic rings. The molecule has 1 aliphatic rings. The first kappa shape index (κ1) is 11.4. The van der Waals surface area contributed by atoms with E-state index in [0.717, 1.165) is 44.1 Å². The van der Waals surface area contributed by atoms with E-state index >= 15 is 0 Å². The van der Waals surface area contributed by atoms with E-state index in [1.807, 2.05) is 0 Å². The number of rotatable bonds is 5. The predicted molar refractivity (Wildman–Crippen MR) is 59.9 cm³/mol. The number of aldehydes is 1. The lowest BCUT2D eigenvalue weighted by molar-refractivity contribution is -0.111. The van der Waals surface area contributed by atoms with Gasteiger partial charge in [-0.15, -0.1) is 0 Å². The van der Waals surface area contributed by atoms with E-state index in [1.54, 1.807) is 0 Å². The summed E-state index contributed by atoms with van der Waals surface area (Å²) in [5, 5.41) is 0. The first-order valence-corrected chi connectivity index (χ1v) is 5.74. The summed E-state index contributed by atoms with van der Waals surface area (Å²) in [7, 11) is 0. The molecule has 2 heteroatoms. The van der Waals surface area contributed by atoms with Crippen molar-refractivity contribution in [1.29, 1.82) is 0 Å². The zero-order chi connectivity index (χ0) is 10.4. The van der Waals surface area contributed by atoms with E-state index in [2.05, 4.69) is 18.8 Å². The fourth-order valence-corrected chi connectivity index (χ4v) is 2.11. The van der Waals surface area contributed by atoms with Crippen LogP contribution in [0.4, 0.5) is 0 Å². The maximum Gasteiger partial charge on any atom is 0.147 e. The van der Waals surface area contributed by atoms with Crippen LogP contribution in [0.25, 0.3) is 0 Å². The van der Waals surface area contributed by atoms with Crippen LogP contribution in [0, 0.1) is 0 Å². The van der Waals surface area contributed by atoms with Crippen molar-refractivity contribution >= 4 is 12.0 Å². The molecule has 0 bridgehead atoms. The van der Waals surface area contributed by atoms with Crippen LogP contribution in [-0.4, -0.2) is 17.5 Å². The first-order valence-electron chi connectivity index (χ1n) is 5.74. The van der Waals surface area contributed by atoms with Crippen LogP contribution < -0.4 is 0 Å². The summed E-state index contributed by atoms with van der Waals surface area (Å²) in [5.74, 6) is 0. The Hall–Kier alpha value is -0.660. The largest absolute Gasteiger partial charge is 0.301 e. The molecule has 0 saturated heterocycles. The molecule has 2 nitrogen and oxygen atoms in total. The molecular formula is C12H21NO. The van der Waals surface area contributed by atoms with Crippen molar-refractivity contribution < 1.29 is 4.79 Å². The molecule has 1 rings (SSSR count). The van der Waals surface area contributed by atoms with Crippen LogP contribution in [0.5, 0.6) is 0 Å². The summed E-state index contributed by atoms with van der Waals surface area (Å²) < 4.78 is 0. The molecule has 1 fully saturated rings. The van der Waals surface area contributed by atoms with Crippen LogP contribution >= 0.6 is 0 Å². The van der Waals surface area contributed by atoms with Crippen molar-refractivity contribution in [2.24, 2.45) is 4.99 Å². The minimum absolute atomic E-state index is 0.335. The van der Waals surface area contributed by atoms with Crippen molar-refractivity contribution in [3.05, 3.63) is 0 Å². The van der Waals surface area contributed by atoms with Gasteiger partial charge in [-0.05, 0) is 32.6 Å². The van der Waals surface area contributed by atoms with Crippen molar-refractivity contribution in [2.75, 3.05) is 0 Å². The Morgan fingerprint density at radius 3 is 2.57 bits per heavy atom. The van der Waals surface area contributed by atoms with Gasteiger partial charge < -0.3 is 4.79 Å². The van der Waals surface area contributed by atoms with Crippen molar-refractivity contribution in [2.45, 2.75) is 64.3 Å². The maximum absolute atomic E-state index is 11.0. The average Bonchev–Trinajstić information content (AvgIpc) is 2.64. The minimum Gasteiger partial charge on any atom is -0.301 e. The molecule has 0 aromatic carbocycles. The molecule has 14 heavy (non-hydrogen) atoms. The van der Waals surface area contributed by atoms with Gasteiger partial charge in [-0.1, -0.05) is 26.2 Å². The van der Waals surface area contributed by atoms with Gasteiger partial charge in [0.2, 0.25) is 0 Å². The Kier molecular flexibility index (Phi) is 4.30. The van der Waals surface area contributed by atoms with E-state index < -0.39 is 0 Å². The van der Waals surface area contributed by atoms with Gasteiger partial charge in [-0.25, -0.2) is 0 Å². The van der Waals surface area contributed by atoms with Crippen molar-refractivity contribution in [3.8, 4) is 0 Å². The molecule has 0 spiro atoms. The van der Waals surface area contributed by atoms with Gasteiger partial charge >= 0.3 is 0 Å². The van der Waals surface area contributed by atoms with Gasteiger partial charge in [0, 0.05) is 5.71 Å². The number of hydrogen-bond donors (Lipinski definition) is 0. The zero-order valence-corrected chi connectivity index (χ0v) is 9.38. The van der Waals surface area contributed by atoms with E-state index in [1.165, 1.54) is 12.8 Å². The van der Waals surface area contributed by atoms with E-state index in [4.69, 9.17) is 0 Å². The van der Waals surface area contributed by atoms with Gasteiger partial charge in [-0.3, -0.25) is 4.99 Å². The predicted octanol–water partition coefficient (Wildman–Crippen LogP) is 3.15. The monoisotopic (exact) mass is 195 g/mol. The number of aliphatic imine (C=N–C) groups is 1. The minimum atomic E-state index is -0.335. The number of nitrogens with zero attached hydrogens (tertiary/aromatic N) is 1. The fourth-order valence-electron chi connectivity index (χ4n) is 2.11. The maximum atomic E-state index is 11.0. The summed E-state index contributed by atoms with van der Waals surface area (Å²) >= 11 is 0. The Balaban J connectivity index is 2.57. The van der Waals surface area contributed by atoms with Crippen molar-refractivity contribution in [3.63, 3.8) is 0 Å². The standard InChI is InChI=1S/C12H21NO/c1-3-4-7-11(2)13-12(10-14)8-5-6-9-12/h10H,3-9H2,1-2H3. The Morgan fingerprint density at radius 1 is 1.43 bits per heavy atom. The van der Waals surface area contributed by atoms with Gasteiger partial charge in [-0.2, -0.15) is 0 Å². The van der Waals surface area contributed by atoms with Crippen molar-refractivity contribution in [1.82, 2.24) is 0 Å². The van der Waals surface area contributed by atoms with Crippen LogP contribution in [0.15, 0.2) is 4.99 Å². The lowest BCUT2D eigenvalue weighted by atomic mass is 10.0. The quantitative estimate of drug-likeness (QED) is 0.489. The summed E-state index contributed by atoms with van der Waals surface area (Å²) in [6, 6.07) is 0. The number of carbonyl (C=O) groups excluding carboxylic acids is 1. The van der Waals surface area contributed by atoms with E-state index in [0.29, 0.717) is 0 Å². The second kappa shape index (κ2) is 5.28. The lowest BCUT2D eigenvalue weighted by Crippen LogP contribution is -2.25. The highest BCUT2D eigenvalue weighted by atomic mass is 16.1. The molecule has 0 aliphatic heterocycles. The lowest BCUT2D eigenvalue weighted by Gasteiger charge is -2.17. The summed E-state index contributed by atoms with van der Waals surface area (Å²) in [6.45, 7) is 4.23. The highest BCUT2D eigenvalue weighted by molar-refractivity contribution is 5.84. The average molecular weight is 195 g/mol. The molecule has 0 heterocycles. The van der Waals surface area contributed by atoms with Crippen LogP contribution in [0.2, 0.25) is 0 Å². The van der Waals surface area contributed by atoms with E-state index in [9.17, 15) is 4.79 Å². The molecule has 0 atom stereocenters. The topological polar surface area (TPSA) is 29.4 Å². The summed E-state index contributed by atoms with van der Waals surface area (Å²) in [4.78, 5) is 15.6. The smallest absolute Gasteiger partial charge is 0.147 e. The second-order valence-electron chi connectivity index (χ2n) is 4.38. The zero-order valence-electron chi connectivity index (χ0n) is 9.38. The highest BCUT2D eigenvalue weighted by Gasteiger charge is 2.32. The number of carbonyl (C=O) groups is 1. The molecule has 0 radical (unpaired) electrons. The van der Waals surface area contributed by atoms with Gasteiger partial charge in [0.25, 0.3) is 0 Å². The molecule has 0 N–H and O–H groups in total. The number of unbranched alkanes of at least 4 members (excludes halogenated alkanes) is 1. The molecule has 0 amide bonds. The molecule has 0 aromatic heterocycles. The van der Waals surface area contributed by atoms with E-state index in [-0.39, 0.29) is 5.54 Å². The Labute approximate surface area is 86.8 Å². The summed E-state index contributed by atoms with van der Waals surface area (Å²) in [5.41, 5.74) is 0.818. The molecule has 1 saturated carbocycles. The third kappa shape index (κ3) is 2.93. The van der Waals surface area contributed by atoms with Gasteiger partial charge in [0.1, 0.15) is 11.8 Å². The molecule has 1 aliphatic carbocycles. The Bertz CT molecular complexity index is 214. The SMILES string of the molecule is CCCCC(C)=NC1(C=O)CCCC1. The summed E-state index contributed by atoms with van der Waals surface area (Å²) in [6.07, 6.45) is 8.72. The van der Waals surface area contributed by atoms with Gasteiger partial charge in [0.15, 0.2) is 0 Å². The normalized spacial score (nSPS) is 21.1. The van der Waals surface area contributed by atoms with Crippen LogP contribution in [0.3, 0.4) is 0 Å². The molecule has 80 valence electrons. The second-order valence-corrected chi connectivity index (χ2v) is 4.38. The van der Waals surface area contributed by atoms with Gasteiger partial charge in [0.05, 0.1) is 0 Å². The third-order valence-corrected chi connectivity index (χ3v) is 2.99. The first-order chi connectivity index (χ1) is 6.72. The van der Waals surface area contributed by atoms with Crippen LogP contribution in [-0.2, 0) is 4.79 Å². The Morgan fingerprint density at radius 2 is 2.07 bits per heavy atom. The molecule has 0 unspecified atom stereocenters. The fraction of sp³-hybridized carbons (Fsp3) is 0.833. The van der Waals surface area contributed by atoms with Crippen LogP contribution in [0.1, 0.15) is 58.8 Å². The number of hydrogen-bond acceptors (Lipinski definition) is 2. The third-order valence-electron chi connectivity index (χ3n) is 2.99.